The number of benzene rings is 3. The average molecular weight is 489 g/mol. The lowest BCUT2D eigenvalue weighted by Gasteiger charge is -2.27. The number of nitrogens with zero attached hydrogens (tertiary/aromatic N) is 1. The third kappa shape index (κ3) is 4.25. The minimum atomic E-state index is -0.477. The van der Waals surface area contributed by atoms with Crippen molar-refractivity contribution in [2.45, 2.75) is 25.7 Å². The van der Waals surface area contributed by atoms with E-state index in [4.69, 9.17) is 15.2 Å². The molecule has 1 aliphatic rings. The van der Waals surface area contributed by atoms with Gasteiger partial charge in [0.15, 0.2) is 0 Å². The summed E-state index contributed by atoms with van der Waals surface area (Å²) in [6, 6.07) is 22.4. The van der Waals surface area contributed by atoms with Crippen LogP contribution in [0.1, 0.15) is 52.7 Å². The van der Waals surface area contributed by atoms with E-state index in [0.717, 1.165) is 15.6 Å². The maximum atomic E-state index is 12.5. The van der Waals surface area contributed by atoms with E-state index in [1.165, 1.54) is 5.56 Å². The van der Waals surface area contributed by atoms with Crippen LogP contribution in [0.5, 0.6) is 11.5 Å². The molecule has 1 unspecified atom stereocenters. The Balaban J connectivity index is 1.67. The van der Waals surface area contributed by atoms with E-state index in [9.17, 15) is 10.1 Å². The van der Waals surface area contributed by atoms with Crippen LogP contribution in [0.2, 0.25) is 0 Å². The molecule has 1 aliphatic heterocycles. The monoisotopic (exact) mass is 488 g/mol. The van der Waals surface area contributed by atoms with Crippen LogP contribution in [-0.2, 0) is 0 Å². The predicted molar refractivity (Wildman–Crippen MR) is 125 cm³/mol. The second-order valence-electron chi connectivity index (χ2n) is 7.84. The van der Waals surface area contributed by atoms with Gasteiger partial charge in [0.2, 0.25) is 5.88 Å². The first-order valence-electron chi connectivity index (χ1n) is 10.2. The standard InChI is InChI=1S/C26H21BrN2O3/c1-15(2)16-3-5-17(6-4-16)24-21-12-11-20(13-23(21)32-25(29)22(24)14-28)31-26(30)18-7-9-19(27)10-8-18/h3-13,15,24H,29H2,1-2H3. The van der Waals surface area contributed by atoms with E-state index < -0.39 is 5.97 Å². The SMILES string of the molecule is CC(C)c1ccc(C2C(C#N)=C(N)Oc3cc(OC(=O)c4ccc(Br)cc4)ccc32)cc1. The second kappa shape index (κ2) is 8.89. The summed E-state index contributed by atoms with van der Waals surface area (Å²) < 4.78 is 12.1. The zero-order valence-electron chi connectivity index (χ0n) is 17.6. The molecule has 0 saturated carbocycles. The number of carbonyl (C=O) groups excluding carboxylic acids is 1. The molecule has 3 aromatic carbocycles. The minimum absolute atomic E-state index is 0.0503. The molecular weight excluding hydrogens is 468 g/mol. The minimum Gasteiger partial charge on any atom is -0.440 e. The van der Waals surface area contributed by atoms with Gasteiger partial charge in [-0.05, 0) is 47.4 Å². The average Bonchev–Trinajstić information content (AvgIpc) is 2.78. The van der Waals surface area contributed by atoms with Gasteiger partial charge in [0.05, 0.1) is 11.5 Å². The van der Waals surface area contributed by atoms with Crippen molar-refractivity contribution in [2.24, 2.45) is 5.73 Å². The fraction of sp³-hybridized carbons (Fsp3) is 0.154. The van der Waals surface area contributed by atoms with Crippen molar-refractivity contribution in [3.8, 4) is 17.6 Å². The van der Waals surface area contributed by atoms with E-state index in [-0.39, 0.29) is 11.8 Å². The van der Waals surface area contributed by atoms with Gasteiger partial charge in [-0.25, -0.2) is 4.79 Å². The molecule has 0 amide bonds. The third-order valence-electron chi connectivity index (χ3n) is 5.42. The number of rotatable bonds is 4. The summed E-state index contributed by atoms with van der Waals surface area (Å²) in [6.07, 6.45) is 0. The number of hydrogen-bond donors (Lipinski definition) is 1. The summed E-state index contributed by atoms with van der Waals surface area (Å²) in [4.78, 5) is 12.5. The first-order chi connectivity index (χ1) is 15.4. The van der Waals surface area contributed by atoms with Crippen LogP contribution in [0.15, 0.2) is 82.7 Å². The van der Waals surface area contributed by atoms with Gasteiger partial charge in [-0.3, -0.25) is 0 Å². The quantitative estimate of drug-likeness (QED) is 0.358. The van der Waals surface area contributed by atoms with Crippen molar-refractivity contribution in [1.29, 1.82) is 5.26 Å². The lowest BCUT2D eigenvalue weighted by molar-refractivity contribution is 0.0734. The number of hydrogen-bond acceptors (Lipinski definition) is 5. The molecule has 3 aromatic rings. The summed E-state index contributed by atoms with van der Waals surface area (Å²) >= 11 is 3.35. The zero-order chi connectivity index (χ0) is 22.8. The van der Waals surface area contributed by atoms with Crippen LogP contribution in [0.25, 0.3) is 0 Å². The highest BCUT2D eigenvalue weighted by atomic mass is 79.9. The fourth-order valence-electron chi connectivity index (χ4n) is 3.67. The summed E-state index contributed by atoms with van der Waals surface area (Å²) in [5.41, 5.74) is 9.82. The van der Waals surface area contributed by atoms with Crippen molar-refractivity contribution in [1.82, 2.24) is 0 Å². The number of carbonyl (C=O) groups is 1. The smallest absolute Gasteiger partial charge is 0.343 e. The molecule has 1 atom stereocenters. The first-order valence-corrected chi connectivity index (χ1v) is 11.0. The highest BCUT2D eigenvalue weighted by molar-refractivity contribution is 9.10. The first kappa shape index (κ1) is 21.7. The van der Waals surface area contributed by atoms with Crippen molar-refractivity contribution < 1.29 is 14.3 Å². The maximum Gasteiger partial charge on any atom is 0.343 e. The molecule has 160 valence electrons. The molecule has 4 rings (SSSR count). The van der Waals surface area contributed by atoms with Gasteiger partial charge >= 0.3 is 5.97 Å². The van der Waals surface area contributed by atoms with Crippen molar-refractivity contribution in [3.05, 3.63) is 105 Å². The molecule has 0 bridgehead atoms. The third-order valence-corrected chi connectivity index (χ3v) is 5.95. The van der Waals surface area contributed by atoms with Crippen LogP contribution < -0.4 is 15.2 Å². The van der Waals surface area contributed by atoms with E-state index >= 15 is 0 Å². The Morgan fingerprint density at radius 2 is 1.78 bits per heavy atom. The van der Waals surface area contributed by atoms with Gasteiger partial charge in [-0.2, -0.15) is 5.26 Å². The Hall–Kier alpha value is -3.56. The number of nitrogens with two attached hydrogens (primary N) is 1. The number of allylic oxidation sites excluding steroid dienone is 1. The van der Waals surface area contributed by atoms with Crippen LogP contribution in [0.3, 0.4) is 0 Å². The summed E-state index contributed by atoms with van der Waals surface area (Å²) in [7, 11) is 0. The van der Waals surface area contributed by atoms with Gasteiger partial charge in [0.1, 0.15) is 23.1 Å². The number of nitriles is 1. The number of fused-ring (bicyclic) bond motifs is 1. The summed E-state index contributed by atoms with van der Waals surface area (Å²) in [5.74, 6) is 0.412. The van der Waals surface area contributed by atoms with Gasteiger partial charge in [0.25, 0.3) is 0 Å². The van der Waals surface area contributed by atoms with Crippen LogP contribution >= 0.6 is 15.9 Å². The van der Waals surface area contributed by atoms with Crippen molar-refractivity contribution in [3.63, 3.8) is 0 Å². The van der Waals surface area contributed by atoms with Gasteiger partial charge in [0, 0.05) is 16.1 Å². The largest absolute Gasteiger partial charge is 0.440 e. The highest BCUT2D eigenvalue weighted by Gasteiger charge is 2.31. The molecule has 0 spiro atoms. The van der Waals surface area contributed by atoms with Gasteiger partial charge < -0.3 is 15.2 Å². The highest BCUT2D eigenvalue weighted by Crippen LogP contribution is 2.43. The molecule has 0 radical (unpaired) electrons. The van der Waals surface area contributed by atoms with Crippen molar-refractivity contribution >= 4 is 21.9 Å². The summed E-state index contributed by atoms with van der Waals surface area (Å²) in [5, 5.41) is 9.74. The molecule has 6 heteroatoms. The predicted octanol–water partition coefficient (Wildman–Crippen LogP) is 6.01. The van der Waals surface area contributed by atoms with E-state index in [1.807, 2.05) is 18.2 Å². The lowest BCUT2D eigenvalue weighted by Crippen LogP contribution is -2.21. The molecule has 0 fully saturated rings. The van der Waals surface area contributed by atoms with Gasteiger partial charge in [-0.1, -0.05) is 60.1 Å². The second-order valence-corrected chi connectivity index (χ2v) is 8.76. The number of halogens is 1. The molecule has 0 aromatic heterocycles. The van der Waals surface area contributed by atoms with Crippen molar-refractivity contribution in [2.75, 3.05) is 0 Å². The van der Waals surface area contributed by atoms with E-state index in [1.54, 1.807) is 36.4 Å². The Morgan fingerprint density at radius 3 is 2.41 bits per heavy atom. The van der Waals surface area contributed by atoms with Crippen LogP contribution in [0.4, 0.5) is 0 Å². The van der Waals surface area contributed by atoms with Crippen LogP contribution in [-0.4, -0.2) is 5.97 Å². The lowest BCUT2D eigenvalue weighted by atomic mass is 9.83. The van der Waals surface area contributed by atoms with E-state index in [2.05, 4.69) is 48.0 Å². The molecule has 5 nitrogen and oxygen atoms in total. The molecule has 0 aliphatic carbocycles. The molecule has 0 saturated heterocycles. The Morgan fingerprint density at radius 1 is 1.09 bits per heavy atom. The Kier molecular flexibility index (Phi) is 6.02. The van der Waals surface area contributed by atoms with Gasteiger partial charge in [-0.15, -0.1) is 0 Å². The maximum absolute atomic E-state index is 12.5. The summed E-state index contributed by atoms with van der Waals surface area (Å²) in [6.45, 7) is 4.27. The Bertz CT molecular complexity index is 1240. The molecule has 2 N–H and O–H groups in total. The van der Waals surface area contributed by atoms with Crippen LogP contribution in [0, 0.1) is 11.3 Å². The zero-order valence-corrected chi connectivity index (χ0v) is 19.2. The fourth-order valence-corrected chi connectivity index (χ4v) is 3.93. The molecule has 1 heterocycles. The molecule has 32 heavy (non-hydrogen) atoms. The van der Waals surface area contributed by atoms with E-state index in [0.29, 0.717) is 28.6 Å². The topological polar surface area (TPSA) is 85.3 Å². The Labute approximate surface area is 195 Å². The molecular formula is C26H21BrN2O3. The normalized spacial score (nSPS) is 15.0. The number of esters is 1. The number of ether oxygens (including phenoxy) is 2.